The van der Waals surface area contributed by atoms with Gasteiger partial charge >= 0.3 is 0 Å². The third-order valence-corrected chi connectivity index (χ3v) is 4.72. The van der Waals surface area contributed by atoms with E-state index in [4.69, 9.17) is 0 Å². The zero-order valence-corrected chi connectivity index (χ0v) is 14.2. The summed E-state index contributed by atoms with van der Waals surface area (Å²) in [6.07, 6.45) is 1.70. The number of benzene rings is 1. The van der Waals surface area contributed by atoms with Crippen LogP contribution in [0.3, 0.4) is 0 Å². The standard InChI is InChI=1S/C18H23N3O3/c1-3-4-8-21-17(23)14-6-5-13(10-15(14)18(21)24)16(22)20-9-7-19-11-12(20)2/h5-6,10,12,19H,3-4,7-9,11H2,1-2H3. The van der Waals surface area contributed by atoms with E-state index in [1.807, 2.05) is 18.7 Å². The van der Waals surface area contributed by atoms with Gasteiger partial charge in [-0.2, -0.15) is 0 Å². The maximum atomic E-state index is 12.7. The van der Waals surface area contributed by atoms with E-state index in [0.29, 0.717) is 29.8 Å². The molecule has 0 saturated carbocycles. The minimum absolute atomic E-state index is 0.0842. The number of nitrogens with zero attached hydrogens (tertiary/aromatic N) is 2. The van der Waals surface area contributed by atoms with E-state index in [0.717, 1.165) is 25.9 Å². The Hall–Kier alpha value is -2.21. The van der Waals surface area contributed by atoms with Crippen LogP contribution in [0.25, 0.3) is 0 Å². The Morgan fingerprint density at radius 2 is 2.00 bits per heavy atom. The van der Waals surface area contributed by atoms with Gasteiger partial charge in [-0.15, -0.1) is 0 Å². The van der Waals surface area contributed by atoms with Crippen molar-refractivity contribution < 1.29 is 14.4 Å². The molecule has 1 unspecified atom stereocenters. The van der Waals surface area contributed by atoms with Crippen molar-refractivity contribution in [2.75, 3.05) is 26.2 Å². The number of carbonyl (C=O) groups is 3. The number of hydrogen-bond acceptors (Lipinski definition) is 4. The predicted molar refractivity (Wildman–Crippen MR) is 90.1 cm³/mol. The van der Waals surface area contributed by atoms with Crippen LogP contribution in [-0.2, 0) is 0 Å². The second-order valence-electron chi connectivity index (χ2n) is 6.43. The minimum atomic E-state index is -0.286. The van der Waals surface area contributed by atoms with Crippen LogP contribution in [0.2, 0.25) is 0 Å². The van der Waals surface area contributed by atoms with Crippen molar-refractivity contribution in [2.45, 2.75) is 32.7 Å². The number of amides is 3. The van der Waals surface area contributed by atoms with Crippen molar-refractivity contribution in [1.82, 2.24) is 15.1 Å². The molecule has 0 aliphatic carbocycles. The largest absolute Gasteiger partial charge is 0.333 e. The van der Waals surface area contributed by atoms with E-state index in [9.17, 15) is 14.4 Å². The molecule has 0 radical (unpaired) electrons. The molecule has 1 atom stereocenters. The number of carbonyl (C=O) groups excluding carboxylic acids is 3. The van der Waals surface area contributed by atoms with Gasteiger partial charge in [-0.25, -0.2) is 0 Å². The van der Waals surface area contributed by atoms with E-state index in [1.54, 1.807) is 18.2 Å². The van der Waals surface area contributed by atoms with Crippen LogP contribution in [-0.4, -0.2) is 59.7 Å². The first-order chi connectivity index (χ1) is 11.5. The molecule has 24 heavy (non-hydrogen) atoms. The van der Waals surface area contributed by atoms with Gasteiger partial charge in [0.25, 0.3) is 17.7 Å². The third kappa shape index (κ3) is 2.82. The van der Waals surface area contributed by atoms with Crippen LogP contribution in [0.4, 0.5) is 0 Å². The molecule has 1 aromatic rings. The Balaban J connectivity index is 1.85. The van der Waals surface area contributed by atoms with Crippen LogP contribution in [0.5, 0.6) is 0 Å². The number of unbranched alkanes of at least 4 members (excludes halogenated alkanes) is 1. The number of nitrogens with one attached hydrogen (secondary N) is 1. The predicted octanol–water partition coefficient (Wildman–Crippen LogP) is 1.52. The highest BCUT2D eigenvalue weighted by atomic mass is 16.2. The third-order valence-electron chi connectivity index (χ3n) is 4.72. The maximum Gasteiger partial charge on any atom is 0.261 e. The highest BCUT2D eigenvalue weighted by Crippen LogP contribution is 2.25. The Bertz CT molecular complexity index is 686. The lowest BCUT2D eigenvalue weighted by Gasteiger charge is -2.34. The van der Waals surface area contributed by atoms with E-state index in [2.05, 4.69) is 5.32 Å². The fraction of sp³-hybridized carbons (Fsp3) is 0.500. The van der Waals surface area contributed by atoms with Crippen molar-refractivity contribution >= 4 is 17.7 Å². The fourth-order valence-electron chi connectivity index (χ4n) is 3.25. The van der Waals surface area contributed by atoms with Gasteiger partial charge in [0.2, 0.25) is 0 Å². The van der Waals surface area contributed by atoms with Gasteiger partial charge in [0.1, 0.15) is 0 Å². The molecule has 3 rings (SSSR count). The van der Waals surface area contributed by atoms with Crippen molar-refractivity contribution in [3.8, 4) is 0 Å². The molecular formula is C18H23N3O3. The van der Waals surface area contributed by atoms with E-state index >= 15 is 0 Å². The number of fused-ring (bicyclic) bond motifs is 1. The van der Waals surface area contributed by atoms with Gasteiger partial charge in [-0.05, 0) is 31.5 Å². The first-order valence-corrected chi connectivity index (χ1v) is 8.56. The summed E-state index contributed by atoms with van der Waals surface area (Å²) in [6, 6.07) is 4.96. The highest BCUT2D eigenvalue weighted by molar-refractivity contribution is 6.22. The zero-order chi connectivity index (χ0) is 17.3. The van der Waals surface area contributed by atoms with Crippen LogP contribution in [0, 0.1) is 0 Å². The molecule has 1 saturated heterocycles. The molecule has 1 aromatic carbocycles. The number of imide groups is 1. The first kappa shape index (κ1) is 16.6. The SMILES string of the molecule is CCCCN1C(=O)c2ccc(C(=O)N3CCNCC3C)cc2C1=O. The second kappa shape index (κ2) is 6.73. The topological polar surface area (TPSA) is 69.7 Å². The Labute approximate surface area is 141 Å². The van der Waals surface area contributed by atoms with E-state index in [-0.39, 0.29) is 23.8 Å². The first-order valence-electron chi connectivity index (χ1n) is 8.56. The lowest BCUT2D eigenvalue weighted by molar-refractivity contribution is 0.0646. The van der Waals surface area contributed by atoms with Crippen LogP contribution in [0.1, 0.15) is 57.8 Å². The average molecular weight is 329 g/mol. The molecule has 1 fully saturated rings. The highest BCUT2D eigenvalue weighted by Gasteiger charge is 2.36. The molecule has 3 amide bonds. The summed E-state index contributed by atoms with van der Waals surface area (Å²) in [4.78, 5) is 40.7. The van der Waals surface area contributed by atoms with Gasteiger partial charge in [0.05, 0.1) is 11.1 Å². The summed E-state index contributed by atoms with van der Waals surface area (Å²) in [5, 5.41) is 3.25. The quantitative estimate of drug-likeness (QED) is 0.850. The van der Waals surface area contributed by atoms with Crippen molar-refractivity contribution in [2.24, 2.45) is 0 Å². The summed E-state index contributed by atoms with van der Waals surface area (Å²) in [5.74, 6) is -0.622. The van der Waals surface area contributed by atoms with Gasteiger partial charge in [-0.3, -0.25) is 19.3 Å². The molecule has 1 N–H and O–H groups in total. The van der Waals surface area contributed by atoms with Crippen molar-refractivity contribution in [3.05, 3.63) is 34.9 Å². The second-order valence-corrected chi connectivity index (χ2v) is 6.43. The van der Waals surface area contributed by atoms with Crippen molar-refractivity contribution in [3.63, 3.8) is 0 Å². The summed E-state index contributed by atoms with van der Waals surface area (Å²) >= 11 is 0. The maximum absolute atomic E-state index is 12.7. The molecule has 2 aliphatic heterocycles. The molecule has 0 bridgehead atoms. The van der Waals surface area contributed by atoms with E-state index in [1.165, 1.54) is 4.90 Å². The number of piperazine rings is 1. The van der Waals surface area contributed by atoms with Gasteiger partial charge < -0.3 is 10.2 Å². The Morgan fingerprint density at radius 3 is 2.71 bits per heavy atom. The lowest BCUT2D eigenvalue weighted by Crippen LogP contribution is -2.52. The molecule has 2 heterocycles. The van der Waals surface area contributed by atoms with Crippen molar-refractivity contribution in [1.29, 1.82) is 0 Å². The smallest absolute Gasteiger partial charge is 0.261 e. The molecule has 2 aliphatic rings. The summed E-state index contributed by atoms with van der Waals surface area (Å²) in [6.45, 7) is 6.62. The van der Waals surface area contributed by atoms with Crippen LogP contribution in [0.15, 0.2) is 18.2 Å². The Kier molecular flexibility index (Phi) is 4.66. The number of hydrogen-bond donors (Lipinski definition) is 1. The van der Waals surface area contributed by atoms with Gasteiger partial charge in [-0.1, -0.05) is 13.3 Å². The summed E-state index contributed by atoms with van der Waals surface area (Å²) < 4.78 is 0. The van der Waals surface area contributed by atoms with Crippen LogP contribution < -0.4 is 5.32 Å². The normalized spacial score (nSPS) is 20.5. The molecular weight excluding hydrogens is 306 g/mol. The average Bonchev–Trinajstić information content (AvgIpc) is 2.83. The summed E-state index contributed by atoms with van der Waals surface area (Å²) in [7, 11) is 0. The molecule has 6 heteroatoms. The zero-order valence-electron chi connectivity index (χ0n) is 14.2. The van der Waals surface area contributed by atoms with Gasteiger partial charge in [0.15, 0.2) is 0 Å². The van der Waals surface area contributed by atoms with Crippen LogP contribution >= 0.6 is 0 Å². The molecule has 128 valence electrons. The Morgan fingerprint density at radius 1 is 1.25 bits per heavy atom. The summed E-state index contributed by atoms with van der Waals surface area (Å²) in [5.41, 5.74) is 1.23. The molecule has 0 spiro atoms. The minimum Gasteiger partial charge on any atom is -0.333 e. The van der Waals surface area contributed by atoms with E-state index < -0.39 is 0 Å². The fourth-order valence-corrected chi connectivity index (χ4v) is 3.25. The monoisotopic (exact) mass is 329 g/mol. The molecule has 6 nitrogen and oxygen atoms in total. The van der Waals surface area contributed by atoms with Gasteiger partial charge in [0, 0.05) is 37.8 Å². The molecule has 0 aromatic heterocycles. The lowest BCUT2D eigenvalue weighted by atomic mass is 10.0. The number of rotatable bonds is 4.